The van der Waals surface area contributed by atoms with Gasteiger partial charge in [-0.25, -0.2) is 4.98 Å². The van der Waals surface area contributed by atoms with E-state index in [4.69, 9.17) is 11.6 Å². The molecule has 2 rings (SSSR count). The van der Waals surface area contributed by atoms with Crippen molar-refractivity contribution in [1.82, 2.24) is 15.6 Å². The maximum absolute atomic E-state index is 12.6. The van der Waals surface area contributed by atoms with Crippen molar-refractivity contribution < 1.29 is 22.8 Å². The van der Waals surface area contributed by atoms with E-state index in [2.05, 4.69) is 15.6 Å². The van der Waals surface area contributed by atoms with Crippen LogP contribution in [0.25, 0.3) is 0 Å². The molecule has 0 aromatic carbocycles. The third kappa shape index (κ3) is 6.99. The number of nitrogens with zero attached hydrogens (tertiary/aromatic N) is 1. The second-order valence-corrected chi connectivity index (χ2v) is 8.15. The third-order valence-corrected chi connectivity index (χ3v) is 5.84. The van der Waals surface area contributed by atoms with Gasteiger partial charge < -0.3 is 10.6 Å². The zero-order valence-corrected chi connectivity index (χ0v) is 17.1. The van der Waals surface area contributed by atoms with Crippen molar-refractivity contribution in [3.63, 3.8) is 0 Å². The summed E-state index contributed by atoms with van der Waals surface area (Å²) in [4.78, 5) is 28.1. The van der Waals surface area contributed by atoms with Gasteiger partial charge in [0.25, 0.3) is 0 Å². The van der Waals surface area contributed by atoms with E-state index in [-0.39, 0.29) is 34.8 Å². The number of thioether (sulfide) groups is 1. The molecule has 2 N–H and O–H groups in total. The highest BCUT2D eigenvalue weighted by Crippen LogP contribution is 2.33. The number of pyridine rings is 1. The summed E-state index contributed by atoms with van der Waals surface area (Å²) in [6.07, 6.45) is -3.68. The number of hydrogen-bond donors (Lipinski definition) is 2. The molecule has 0 unspecified atom stereocenters. The molecule has 28 heavy (non-hydrogen) atoms. The second-order valence-electron chi connectivity index (χ2n) is 5.68. The number of aromatic nitrogens is 1. The Morgan fingerprint density at radius 1 is 1.39 bits per heavy atom. The van der Waals surface area contributed by atoms with E-state index in [0.717, 1.165) is 28.9 Å². The average Bonchev–Trinajstić information content (AvgIpc) is 3.12. The maximum Gasteiger partial charge on any atom is 0.417 e. The number of thiophene rings is 1. The molecule has 1 atom stereocenters. The molecule has 0 saturated heterocycles. The largest absolute Gasteiger partial charge is 0.417 e. The van der Waals surface area contributed by atoms with E-state index < -0.39 is 17.8 Å². The minimum Gasteiger partial charge on any atom is -0.355 e. The van der Waals surface area contributed by atoms with Crippen LogP contribution in [0.5, 0.6) is 0 Å². The normalized spacial score (nSPS) is 12.5. The Kier molecular flexibility index (Phi) is 8.14. The topological polar surface area (TPSA) is 71.1 Å². The average molecular weight is 452 g/mol. The Bertz CT molecular complexity index is 816. The maximum atomic E-state index is 12.6. The van der Waals surface area contributed by atoms with Gasteiger partial charge in [0.05, 0.1) is 23.0 Å². The van der Waals surface area contributed by atoms with Crippen LogP contribution < -0.4 is 10.6 Å². The summed E-state index contributed by atoms with van der Waals surface area (Å²) in [5.41, 5.74) is -0.909. The minimum absolute atomic E-state index is 0.0873. The first kappa shape index (κ1) is 22.5. The molecule has 0 spiro atoms. The smallest absolute Gasteiger partial charge is 0.355 e. The van der Waals surface area contributed by atoms with E-state index in [1.165, 1.54) is 18.3 Å². The van der Waals surface area contributed by atoms with Crippen LogP contribution in [-0.4, -0.2) is 29.1 Å². The molecule has 11 heteroatoms. The van der Waals surface area contributed by atoms with Crippen LogP contribution in [0, 0.1) is 0 Å². The van der Waals surface area contributed by atoms with Crippen LogP contribution in [0.1, 0.15) is 29.8 Å². The van der Waals surface area contributed by atoms with Crippen molar-refractivity contribution in [2.24, 2.45) is 0 Å². The van der Waals surface area contributed by atoms with Crippen LogP contribution in [0.15, 0.2) is 34.8 Å². The highest BCUT2D eigenvalue weighted by Gasteiger charge is 2.31. The Morgan fingerprint density at radius 2 is 2.14 bits per heavy atom. The van der Waals surface area contributed by atoms with Crippen LogP contribution in [0.2, 0.25) is 5.02 Å². The third-order valence-electron chi connectivity index (χ3n) is 3.45. The first-order valence-corrected chi connectivity index (χ1v) is 10.3. The molecule has 2 aromatic rings. The lowest BCUT2D eigenvalue weighted by Gasteiger charge is -2.16. The molecule has 2 heterocycles. The molecule has 0 bridgehead atoms. The molecule has 0 radical (unpaired) electrons. The van der Waals surface area contributed by atoms with Gasteiger partial charge >= 0.3 is 6.18 Å². The summed E-state index contributed by atoms with van der Waals surface area (Å²) in [5.74, 6) is -0.0998. The monoisotopic (exact) mass is 451 g/mol. The van der Waals surface area contributed by atoms with Crippen molar-refractivity contribution >= 4 is 46.5 Å². The molecule has 0 fully saturated rings. The molecular weight excluding hydrogens is 435 g/mol. The number of hydrogen-bond acceptors (Lipinski definition) is 5. The van der Waals surface area contributed by atoms with Gasteiger partial charge in [-0.2, -0.15) is 13.2 Å². The van der Waals surface area contributed by atoms with Crippen molar-refractivity contribution in [3.05, 3.63) is 45.2 Å². The number of carbonyl (C=O) groups is 2. The molecule has 0 aliphatic carbocycles. The summed E-state index contributed by atoms with van der Waals surface area (Å²) in [6.45, 7) is 1.66. The predicted octanol–water partition coefficient (Wildman–Crippen LogP) is 4.29. The fraction of sp³-hybridized carbons (Fsp3) is 0.353. The van der Waals surface area contributed by atoms with Crippen molar-refractivity contribution in [1.29, 1.82) is 0 Å². The SMILES string of the molecule is CC(=O)N[C@@H](CC(=O)NCCSc1ncc(C(F)(F)F)cc1Cl)c1cccs1. The highest BCUT2D eigenvalue weighted by atomic mass is 35.5. The Morgan fingerprint density at radius 3 is 2.71 bits per heavy atom. The minimum atomic E-state index is -4.50. The van der Waals surface area contributed by atoms with Gasteiger partial charge in [-0.15, -0.1) is 23.1 Å². The first-order chi connectivity index (χ1) is 13.2. The summed E-state index contributed by atoms with van der Waals surface area (Å²) in [5, 5.41) is 7.49. The quantitative estimate of drug-likeness (QED) is 0.464. The summed E-state index contributed by atoms with van der Waals surface area (Å²) in [6, 6.07) is 4.10. The standard InChI is InChI=1S/C17H17ClF3N3O2S2/c1-10(25)24-13(14-3-2-5-27-14)8-15(26)22-4-6-28-16-12(18)7-11(9-23-16)17(19,20)21/h2-3,5,7,9,13H,4,6,8H2,1H3,(H,22,26)(H,24,25)/t13-/m0/s1. The zero-order valence-electron chi connectivity index (χ0n) is 14.7. The second kappa shape index (κ2) is 10.1. The van der Waals surface area contributed by atoms with Crippen molar-refractivity contribution in [3.8, 4) is 0 Å². The summed E-state index contributed by atoms with van der Waals surface area (Å²) >= 11 is 8.43. The molecular formula is C17H17ClF3N3O2S2. The van der Waals surface area contributed by atoms with Crippen molar-refractivity contribution in [2.45, 2.75) is 30.6 Å². The molecule has 0 aliphatic rings. The lowest BCUT2D eigenvalue weighted by atomic mass is 10.1. The number of carbonyl (C=O) groups excluding carboxylic acids is 2. The van der Waals surface area contributed by atoms with Gasteiger partial charge in [-0.3, -0.25) is 9.59 Å². The molecule has 0 saturated carbocycles. The summed E-state index contributed by atoms with van der Waals surface area (Å²) in [7, 11) is 0. The number of halogens is 4. The molecule has 5 nitrogen and oxygen atoms in total. The van der Waals surface area contributed by atoms with E-state index in [0.29, 0.717) is 5.75 Å². The van der Waals surface area contributed by atoms with E-state index in [1.807, 2.05) is 17.5 Å². The molecule has 152 valence electrons. The Hall–Kier alpha value is -1.78. The Balaban J connectivity index is 1.81. The number of rotatable bonds is 8. The van der Waals surface area contributed by atoms with Gasteiger partial charge in [0.2, 0.25) is 11.8 Å². The lowest BCUT2D eigenvalue weighted by molar-refractivity contribution is -0.138. The van der Waals surface area contributed by atoms with Gasteiger partial charge in [-0.05, 0) is 17.5 Å². The van der Waals surface area contributed by atoms with Gasteiger partial charge in [0, 0.05) is 30.3 Å². The molecule has 0 aliphatic heterocycles. The molecule has 2 aromatic heterocycles. The number of nitrogens with one attached hydrogen (secondary N) is 2. The van der Waals surface area contributed by atoms with Gasteiger partial charge in [0.15, 0.2) is 0 Å². The lowest BCUT2D eigenvalue weighted by Crippen LogP contribution is -2.33. The Labute approximate surface area is 173 Å². The van der Waals surface area contributed by atoms with E-state index in [1.54, 1.807) is 0 Å². The van der Waals surface area contributed by atoms with Crippen LogP contribution in [0.3, 0.4) is 0 Å². The fourth-order valence-corrected chi connectivity index (χ4v) is 4.07. The number of alkyl halides is 3. The fourth-order valence-electron chi connectivity index (χ4n) is 2.24. The summed E-state index contributed by atoms with van der Waals surface area (Å²) < 4.78 is 37.8. The van der Waals surface area contributed by atoms with Gasteiger partial charge in [0.1, 0.15) is 5.03 Å². The highest BCUT2D eigenvalue weighted by molar-refractivity contribution is 7.99. The first-order valence-electron chi connectivity index (χ1n) is 8.09. The predicted molar refractivity (Wildman–Crippen MR) is 103 cm³/mol. The zero-order chi connectivity index (χ0) is 20.7. The van der Waals surface area contributed by atoms with Gasteiger partial charge in [-0.1, -0.05) is 17.7 Å². The molecule has 2 amide bonds. The van der Waals surface area contributed by atoms with E-state index in [9.17, 15) is 22.8 Å². The van der Waals surface area contributed by atoms with E-state index >= 15 is 0 Å². The van der Waals surface area contributed by atoms with Crippen molar-refractivity contribution in [2.75, 3.05) is 12.3 Å². The van der Waals surface area contributed by atoms with Crippen LogP contribution in [-0.2, 0) is 15.8 Å². The van der Waals surface area contributed by atoms with Crippen LogP contribution in [0.4, 0.5) is 13.2 Å². The van der Waals surface area contributed by atoms with Crippen LogP contribution >= 0.6 is 34.7 Å². The number of amides is 2.